The highest BCUT2D eigenvalue weighted by Gasteiger charge is 2.30. The first kappa shape index (κ1) is 18.7. The molecule has 0 bridgehead atoms. The number of thioether (sulfide) groups is 1. The normalized spacial score (nSPS) is 13.5. The number of para-hydroxylation sites is 2. The van der Waals surface area contributed by atoms with E-state index in [-0.39, 0.29) is 5.91 Å². The highest BCUT2D eigenvalue weighted by Crippen LogP contribution is 2.40. The van der Waals surface area contributed by atoms with Gasteiger partial charge >= 0.3 is 0 Å². The number of nitrogens with zero attached hydrogens (tertiary/aromatic N) is 4. The number of carbonyl (C=O) groups excluding carboxylic acids is 1. The quantitative estimate of drug-likeness (QED) is 0.552. The van der Waals surface area contributed by atoms with Gasteiger partial charge < -0.3 is 4.90 Å². The molecule has 1 saturated carbocycles. The molecule has 0 radical (unpaired) electrons. The Kier molecular flexibility index (Phi) is 5.48. The topological polar surface area (TPSA) is 51.0 Å². The molecule has 0 N–H and O–H groups in total. The molecule has 0 aliphatic heterocycles. The molecule has 1 heterocycles. The van der Waals surface area contributed by atoms with Gasteiger partial charge in [0.15, 0.2) is 0 Å². The van der Waals surface area contributed by atoms with Crippen LogP contribution in [-0.2, 0) is 4.79 Å². The fourth-order valence-electron chi connectivity index (χ4n) is 3.28. The van der Waals surface area contributed by atoms with Crippen molar-refractivity contribution in [2.45, 2.75) is 37.8 Å². The molecule has 6 heteroatoms. The number of aromatic nitrogens is 3. The van der Waals surface area contributed by atoms with Crippen LogP contribution in [0.2, 0.25) is 0 Å². The summed E-state index contributed by atoms with van der Waals surface area (Å²) in [5.74, 6) is 1.89. The van der Waals surface area contributed by atoms with Gasteiger partial charge in [0.1, 0.15) is 5.82 Å². The van der Waals surface area contributed by atoms with Crippen LogP contribution in [0.3, 0.4) is 0 Å². The number of hydrogen-bond acceptors (Lipinski definition) is 4. The van der Waals surface area contributed by atoms with E-state index in [1.807, 2.05) is 78.0 Å². The summed E-state index contributed by atoms with van der Waals surface area (Å²) in [7, 11) is 0. The Labute approximate surface area is 169 Å². The number of benzene rings is 2. The molecule has 28 heavy (non-hydrogen) atoms. The van der Waals surface area contributed by atoms with Gasteiger partial charge in [0, 0.05) is 18.2 Å². The van der Waals surface area contributed by atoms with Crippen molar-refractivity contribution in [1.82, 2.24) is 14.8 Å². The Bertz CT molecular complexity index is 966. The van der Waals surface area contributed by atoms with Crippen molar-refractivity contribution in [3.63, 3.8) is 0 Å². The maximum absolute atomic E-state index is 12.9. The molecular weight excluding hydrogens is 368 g/mol. The first-order chi connectivity index (χ1) is 13.7. The maximum atomic E-state index is 12.9. The van der Waals surface area contributed by atoms with Crippen molar-refractivity contribution in [1.29, 1.82) is 0 Å². The minimum Gasteiger partial charge on any atom is -0.312 e. The highest BCUT2D eigenvalue weighted by molar-refractivity contribution is 7.99. The van der Waals surface area contributed by atoms with Crippen LogP contribution in [0.4, 0.5) is 5.69 Å². The van der Waals surface area contributed by atoms with E-state index >= 15 is 0 Å². The van der Waals surface area contributed by atoms with Gasteiger partial charge in [-0.25, -0.2) is 9.67 Å². The van der Waals surface area contributed by atoms with Crippen molar-refractivity contribution in [2.24, 2.45) is 0 Å². The summed E-state index contributed by atoms with van der Waals surface area (Å²) in [6.45, 7) is 4.68. The van der Waals surface area contributed by atoms with E-state index in [4.69, 9.17) is 4.98 Å². The van der Waals surface area contributed by atoms with Crippen LogP contribution in [-0.4, -0.2) is 33.0 Å². The van der Waals surface area contributed by atoms with Gasteiger partial charge in [0.25, 0.3) is 0 Å². The summed E-state index contributed by atoms with van der Waals surface area (Å²) < 4.78 is 1.93. The third kappa shape index (κ3) is 3.97. The van der Waals surface area contributed by atoms with E-state index in [1.54, 1.807) is 0 Å². The van der Waals surface area contributed by atoms with Crippen LogP contribution in [0.5, 0.6) is 0 Å². The lowest BCUT2D eigenvalue weighted by molar-refractivity contribution is -0.116. The van der Waals surface area contributed by atoms with Crippen LogP contribution >= 0.6 is 11.8 Å². The average molecular weight is 393 g/mol. The van der Waals surface area contributed by atoms with E-state index in [0.717, 1.165) is 35.6 Å². The molecule has 1 aliphatic rings. The Morgan fingerprint density at radius 3 is 2.54 bits per heavy atom. The number of anilines is 1. The van der Waals surface area contributed by atoms with Crippen molar-refractivity contribution in [3.8, 4) is 5.69 Å². The van der Waals surface area contributed by atoms with Gasteiger partial charge in [0.05, 0.1) is 11.4 Å². The van der Waals surface area contributed by atoms with Crippen molar-refractivity contribution < 1.29 is 4.79 Å². The predicted octanol–water partition coefficient (Wildman–Crippen LogP) is 4.60. The van der Waals surface area contributed by atoms with Gasteiger partial charge in [-0.1, -0.05) is 48.2 Å². The Morgan fingerprint density at radius 1 is 1.14 bits per heavy atom. The lowest BCUT2D eigenvalue weighted by Crippen LogP contribution is -2.32. The van der Waals surface area contributed by atoms with Crippen molar-refractivity contribution >= 4 is 23.4 Å². The zero-order chi connectivity index (χ0) is 19.5. The number of aryl methyl sites for hydroxylation is 1. The fraction of sp³-hybridized carbons (Fsp3) is 0.318. The fourth-order valence-corrected chi connectivity index (χ4v) is 3.99. The molecule has 1 fully saturated rings. The van der Waals surface area contributed by atoms with Crippen LogP contribution in [0.1, 0.15) is 37.1 Å². The molecular formula is C22H24N4OS. The summed E-state index contributed by atoms with van der Waals surface area (Å²) in [6, 6.07) is 18.1. The van der Waals surface area contributed by atoms with Crippen LogP contribution < -0.4 is 4.90 Å². The van der Waals surface area contributed by atoms with Gasteiger partial charge in [-0.15, -0.1) is 5.10 Å². The van der Waals surface area contributed by atoms with E-state index in [9.17, 15) is 4.79 Å². The summed E-state index contributed by atoms with van der Waals surface area (Å²) in [5.41, 5.74) is 3.09. The van der Waals surface area contributed by atoms with E-state index in [0.29, 0.717) is 23.4 Å². The maximum Gasteiger partial charge on any atom is 0.237 e. The number of carbonyl (C=O) groups is 1. The molecule has 2 aromatic carbocycles. The van der Waals surface area contributed by atoms with E-state index in [1.165, 1.54) is 11.8 Å². The molecule has 0 saturated heterocycles. The first-order valence-corrected chi connectivity index (χ1v) is 10.7. The predicted molar refractivity (Wildman–Crippen MR) is 113 cm³/mol. The molecule has 4 rings (SSSR count). The van der Waals surface area contributed by atoms with Crippen LogP contribution in [0.25, 0.3) is 5.69 Å². The summed E-state index contributed by atoms with van der Waals surface area (Å²) in [4.78, 5) is 19.4. The number of rotatable bonds is 7. The SMILES string of the molecule is CCN(C(=O)CSc1nc(C2CC2)n(-c2ccccc2)n1)c1ccccc1C. The van der Waals surface area contributed by atoms with Crippen LogP contribution in [0.15, 0.2) is 59.8 Å². The lowest BCUT2D eigenvalue weighted by atomic mass is 10.2. The van der Waals surface area contributed by atoms with Gasteiger partial charge in [0.2, 0.25) is 11.1 Å². The van der Waals surface area contributed by atoms with Gasteiger partial charge in [-0.2, -0.15) is 0 Å². The summed E-state index contributed by atoms with van der Waals surface area (Å²) >= 11 is 1.41. The first-order valence-electron chi connectivity index (χ1n) is 9.68. The van der Waals surface area contributed by atoms with Gasteiger partial charge in [-0.05, 0) is 50.5 Å². The number of amides is 1. The molecule has 0 unspecified atom stereocenters. The zero-order valence-corrected chi connectivity index (χ0v) is 17.0. The molecule has 144 valence electrons. The monoisotopic (exact) mass is 392 g/mol. The lowest BCUT2D eigenvalue weighted by Gasteiger charge is -2.22. The smallest absolute Gasteiger partial charge is 0.237 e. The number of hydrogen-bond donors (Lipinski definition) is 0. The third-order valence-corrected chi connectivity index (χ3v) is 5.73. The Hall–Kier alpha value is -2.60. The molecule has 0 spiro atoms. The average Bonchev–Trinajstić information content (AvgIpc) is 3.48. The minimum atomic E-state index is 0.0748. The summed E-state index contributed by atoms with van der Waals surface area (Å²) in [6.07, 6.45) is 2.32. The zero-order valence-electron chi connectivity index (χ0n) is 16.2. The van der Waals surface area contributed by atoms with E-state index in [2.05, 4.69) is 5.10 Å². The molecule has 3 aromatic rings. The Morgan fingerprint density at radius 2 is 1.86 bits per heavy atom. The standard InChI is InChI=1S/C22H24N4OS/c1-3-25(19-12-8-7-9-16(19)2)20(27)15-28-22-23-21(17-13-14-17)26(24-22)18-10-5-4-6-11-18/h4-12,17H,3,13-15H2,1-2H3. The second-order valence-corrected chi connectivity index (χ2v) is 7.93. The van der Waals surface area contributed by atoms with Crippen molar-refractivity contribution in [2.75, 3.05) is 17.2 Å². The third-order valence-electron chi connectivity index (χ3n) is 4.90. The van der Waals surface area contributed by atoms with Crippen LogP contribution in [0, 0.1) is 6.92 Å². The molecule has 0 atom stereocenters. The molecule has 1 aromatic heterocycles. The highest BCUT2D eigenvalue weighted by atomic mass is 32.2. The molecule has 5 nitrogen and oxygen atoms in total. The Balaban J connectivity index is 1.50. The van der Waals surface area contributed by atoms with Gasteiger partial charge in [-0.3, -0.25) is 4.79 Å². The second kappa shape index (κ2) is 8.19. The minimum absolute atomic E-state index is 0.0748. The largest absolute Gasteiger partial charge is 0.312 e. The summed E-state index contributed by atoms with van der Waals surface area (Å²) in [5, 5.41) is 5.35. The second-order valence-electron chi connectivity index (χ2n) is 6.99. The van der Waals surface area contributed by atoms with Crippen molar-refractivity contribution in [3.05, 3.63) is 66.0 Å². The molecule has 1 amide bonds. The molecule has 1 aliphatic carbocycles. The van der Waals surface area contributed by atoms with E-state index < -0.39 is 0 Å².